The molecule has 1 fully saturated rings. The van der Waals surface area contributed by atoms with E-state index in [1.54, 1.807) is 13.8 Å². The van der Waals surface area contributed by atoms with Crippen molar-refractivity contribution in [2.75, 3.05) is 12.4 Å². The number of aromatic amines is 1. The Morgan fingerprint density at radius 2 is 1.79 bits per heavy atom. The first kappa shape index (κ1) is 27.5. The van der Waals surface area contributed by atoms with Gasteiger partial charge in [-0.15, -0.1) is 0 Å². The number of ether oxygens (including phenoxy) is 1. The van der Waals surface area contributed by atoms with E-state index in [-0.39, 0.29) is 23.9 Å². The van der Waals surface area contributed by atoms with E-state index in [9.17, 15) is 13.2 Å². The lowest BCUT2D eigenvalue weighted by Crippen LogP contribution is -2.08. The minimum atomic E-state index is -4.77. The molecule has 2 N–H and O–H groups in total. The lowest BCUT2D eigenvalue weighted by atomic mass is 10.1. The molecule has 10 nitrogen and oxygen atoms in total. The molecular weight excluding hydrogens is 561 g/mol. The molecule has 1 saturated carbocycles. The quantitative estimate of drug-likeness (QED) is 0.211. The first-order chi connectivity index (χ1) is 20.0. The minimum absolute atomic E-state index is 0.0803. The third-order valence-corrected chi connectivity index (χ3v) is 6.87. The lowest BCUT2D eigenvalue weighted by molar-refractivity contribution is -0.140. The normalized spacial score (nSPS) is 13.7. The maximum Gasteiger partial charge on any atom is 0.434 e. The molecule has 6 rings (SSSR count). The van der Waals surface area contributed by atoms with E-state index in [0.29, 0.717) is 28.4 Å². The molecule has 0 radical (unpaired) electrons. The van der Waals surface area contributed by atoms with Crippen LogP contribution in [-0.4, -0.2) is 46.6 Å². The van der Waals surface area contributed by atoms with Crippen LogP contribution in [0.15, 0.2) is 31.0 Å². The van der Waals surface area contributed by atoms with Gasteiger partial charge in [-0.2, -0.15) is 13.2 Å². The van der Waals surface area contributed by atoms with Gasteiger partial charge in [-0.1, -0.05) is 0 Å². The summed E-state index contributed by atoms with van der Waals surface area (Å²) in [4.78, 5) is 28.5. The molecule has 0 unspecified atom stereocenters. The Hall–Kier alpha value is -4.69. The second kappa shape index (κ2) is 10.3. The summed E-state index contributed by atoms with van der Waals surface area (Å²) in [7, 11) is 1.49. The third-order valence-electron chi connectivity index (χ3n) is 6.87. The first-order valence-corrected chi connectivity index (χ1v) is 13.0. The van der Waals surface area contributed by atoms with Gasteiger partial charge in [0, 0.05) is 24.7 Å². The third kappa shape index (κ3) is 4.99. The number of alkyl halides is 3. The van der Waals surface area contributed by atoms with Gasteiger partial charge >= 0.3 is 6.18 Å². The molecule has 15 heteroatoms. The number of fused-ring (bicyclic) bond motifs is 1. The van der Waals surface area contributed by atoms with Crippen molar-refractivity contribution in [2.24, 2.45) is 0 Å². The van der Waals surface area contributed by atoms with Crippen LogP contribution in [0.2, 0.25) is 0 Å². The Morgan fingerprint density at radius 1 is 1.05 bits per heavy atom. The van der Waals surface area contributed by atoms with Crippen molar-refractivity contribution in [3.8, 4) is 28.7 Å². The summed E-state index contributed by atoms with van der Waals surface area (Å²) in [5.74, 6) is -1.44. The monoisotopic (exact) mass is 585 g/mol. The zero-order chi connectivity index (χ0) is 29.8. The maximum absolute atomic E-state index is 15.3. The highest BCUT2D eigenvalue weighted by Crippen LogP contribution is 2.45. The molecule has 4 heterocycles. The van der Waals surface area contributed by atoms with Crippen LogP contribution in [0.1, 0.15) is 55.6 Å². The van der Waals surface area contributed by atoms with Crippen LogP contribution in [0.5, 0.6) is 5.88 Å². The number of halogens is 5. The SMILES string of the molecule is COc1ncnc(C2CC2)c1-c1nc(NCc2cc(F)c(-c3nc(C(F)(F)F)cn3C(C)C)c(F)c2)c2[nH]cnc2n1. The molecule has 0 spiro atoms. The topological polar surface area (TPSA) is 119 Å². The average Bonchev–Trinajstić information content (AvgIpc) is 3.49. The van der Waals surface area contributed by atoms with Crippen LogP contribution in [0, 0.1) is 11.6 Å². The van der Waals surface area contributed by atoms with E-state index in [1.165, 1.54) is 19.8 Å². The number of imidazole rings is 2. The number of H-pyrrole nitrogens is 1. The summed E-state index contributed by atoms with van der Waals surface area (Å²) in [6.45, 7) is 3.11. The van der Waals surface area contributed by atoms with Gasteiger partial charge in [0.2, 0.25) is 5.88 Å². The van der Waals surface area contributed by atoms with Crippen LogP contribution < -0.4 is 10.1 Å². The van der Waals surface area contributed by atoms with Gasteiger partial charge in [0.25, 0.3) is 0 Å². The van der Waals surface area contributed by atoms with Gasteiger partial charge in [-0.25, -0.2) is 38.7 Å². The summed E-state index contributed by atoms with van der Waals surface area (Å²) < 4.78 is 77.1. The van der Waals surface area contributed by atoms with Gasteiger partial charge in [0.05, 0.1) is 24.7 Å². The smallest absolute Gasteiger partial charge is 0.434 e. The molecule has 0 saturated heterocycles. The molecule has 1 aromatic carbocycles. The van der Waals surface area contributed by atoms with Crippen LogP contribution in [0.3, 0.4) is 0 Å². The Morgan fingerprint density at radius 3 is 2.43 bits per heavy atom. The van der Waals surface area contributed by atoms with Crippen LogP contribution in [0.25, 0.3) is 33.9 Å². The van der Waals surface area contributed by atoms with Crippen LogP contribution in [-0.2, 0) is 12.7 Å². The van der Waals surface area contributed by atoms with Crippen molar-refractivity contribution in [3.05, 3.63) is 59.6 Å². The number of nitrogens with zero attached hydrogens (tertiary/aromatic N) is 7. The van der Waals surface area contributed by atoms with Gasteiger partial charge < -0.3 is 19.6 Å². The molecule has 0 aliphatic heterocycles. The Balaban J connectivity index is 1.34. The number of benzene rings is 1. The van der Waals surface area contributed by atoms with E-state index < -0.39 is 40.9 Å². The van der Waals surface area contributed by atoms with Gasteiger partial charge in [-0.05, 0) is 44.4 Å². The number of hydrogen-bond donors (Lipinski definition) is 2. The number of rotatable bonds is 8. The zero-order valence-electron chi connectivity index (χ0n) is 22.6. The fraction of sp³-hybridized carbons (Fsp3) is 0.333. The van der Waals surface area contributed by atoms with Crippen molar-refractivity contribution >= 4 is 17.0 Å². The van der Waals surface area contributed by atoms with Gasteiger partial charge in [0.1, 0.15) is 34.9 Å². The summed E-state index contributed by atoms with van der Waals surface area (Å²) in [5, 5.41) is 3.06. The van der Waals surface area contributed by atoms with E-state index in [2.05, 4.69) is 40.2 Å². The van der Waals surface area contributed by atoms with Crippen LogP contribution in [0.4, 0.5) is 27.8 Å². The molecule has 5 aromatic rings. The molecule has 218 valence electrons. The highest BCUT2D eigenvalue weighted by Gasteiger charge is 2.36. The summed E-state index contributed by atoms with van der Waals surface area (Å²) in [6, 6.07) is 1.56. The molecule has 1 aliphatic rings. The van der Waals surface area contributed by atoms with Crippen molar-refractivity contribution in [3.63, 3.8) is 0 Å². The highest BCUT2D eigenvalue weighted by molar-refractivity contribution is 5.85. The second-order valence-corrected chi connectivity index (χ2v) is 10.2. The van der Waals surface area contributed by atoms with E-state index in [4.69, 9.17) is 4.74 Å². The fourth-order valence-electron chi connectivity index (χ4n) is 4.72. The highest BCUT2D eigenvalue weighted by atomic mass is 19.4. The van der Waals surface area contributed by atoms with E-state index in [0.717, 1.165) is 41.4 Å². The number of methoxy groups -OCH3 is 1. The largest absolute Gasteiger partial charge is 0.480 e. The standard InChI is InChI=1S/C27H24F5N9O/c1-12(2)41-9-17(27(30,31)32)38-25(41)18-15(28)6-13(7-16(18)29)8-33-23-21-24(36-10-35-21)40-22(39-23)19-20(14-4-5-14)34-11-37-26(19)42-3/h6-7,9-12,14H,4-5,8H2,1-3H3,(H2,33,35,36,39,40). The molecular formula is C27H24F5N9O. The molecule has 1 aliphatic carbocycles. The number of nitrogens with one attached hydrogen (secondary N) is 2. The predicted octanol–water partition coefficient (Wildman–Crippen LogP) is 6.05. The maximum atomic E-state index is 15.3. The van der Waals surface area contributed by atoms with Crippen molar-refractivity contribution < 1.29 is 26.7 Å². The van der Waals surface area contributed by atoms with Crippen molar-refractivity contribution in [1.29, 1.82) is 0 Å². The predicted molar refractivity (Wildman–Crippen MR) is 142 cm³/mol. The average molecular weight is 586 g/mol. The summed E-state index contributed by atoms with van der Waals surface area (Å²) in [5.41, 5.74) is 0.393. The van der Waals surface area contributed by atoms with Crippen molar-refractivity contribution in [2.45, 2.75) is 51.4 Å². The number of anilines is 1. The van der Waals surface area contributed by atoms with Gasteiger partial charge in [0.15, 0.2) is 23.0 Å². The minimum Gasteiger partial charge on any atom is -0.480 e. The molecule has 4 aromatic heterocycles. The summed E-state index contributed by atoms with van der Waals surface area (Å²) in [6.07, 6.45) is 0.769. The molecule has 42 heavy (non-hydrogen) atoms. The van der Waals surface area contributed by atoms with E-state index in [1.807, 2.05) is 0 Å². The second-order valence-electron chi connectivity index (χ2n) is 10.2. The number of hydrogen-bond acceptors (Lipinski definition) is 8. The Labute approximate surface area is 235 Å². The molecule has 0 atom stereocenters. The van der Waals surface area contributed by atoms with Crippen LogP contribution >= 0.6 is 0 Å². The zero-order valence-corrected chi connectivity index (χ0v) is 22.6. The fourth-order valence-corrected chi connectivity index (χ4v) is 4.72. The summed E-state index contributed by atoms with van der Waals surface area (Å²) >= 11 is 0. The first-order valence-electron chi connectivity index (χ1n) is 13.0. The lowest BCUT2D eigenvalue weighted by Gasteiger charge is -2.14. The molecule has 0 amide bonds. The van der Waals surface area contributed by atoms with E-state index >= 15 is 8.78 Å². The van der Waals surface area contributed by atoms with Crippen molar-refractivity contribution in [1.82, 2.24) is 39.5 Å². The Bertz CT molecular complexity index is 1770. The Kier molecular flexibility index (Phi) is 6.74. The van der Waals surface area contributed by atoms with Gasteiger partial charge in [-0.3, -0.25) is 0 Å². The number of aromatic nitrogens is 8. The molecule has 0 bridgehead atoms.